The van der Waals surface area contributed by atoms with Crippen LogP contribution in [0.4, 0.5) is 13.2 Å². The van der Waals surface area contributed by atoms with Gasteiger partial charge in [-0.15, -0.1) is 18.3 Å². The fraction of sp³-hybridized carbons (Fsp3) is 0.211. The molecule has 4 rings (SSSR count). The summed E-state index contributed by atoms with van der Waals surface area (Å²) < 4.78 is 58.1. The zero-order valence-electron chi connectivity index (χ0n) is 17.1. The minimum absolute atomic E-state index is 0.251. The number of ether oxygens (including phenoxy) is 3. The molecule has 0 N–H and O–H groups in total. The van der Waals surface area contributed by atoms with Gasteiger partial charge in [-0.1, -0.05) is 16.9 Å². The van der Waals surface area contributed by atoms with Gasteiger partial charge >= 0.3 is 6.36 Å². The van der Waals surface area contributed by atoms with Crippen LogP contribution < -0.4 is 14.2 Å². The first-order valence-electron chi connectivity index (χ1n) is 9.18. The molecule has 172 valence electrons. The van der Waals surface area contributed by atoms with E-state index in [0.29, 0.717) is 39.6 Å². The largest absolute Gasteiger partial charge is 0.573 e. The fourth-order valence-corrected chi connectivity index (χ4v) is 3.48. The van der Waals surface area contributed by atoms with Gasteiger partial charge in [0.2, 0.25) is 16.9 Å². The van der Waals surface area contributed by atoms with E-state index in [4.69, 9.17) is 14.0 Å². The Hall–Kier alpha value is -3.81. The average Bonchev–Trinajstić information content (AvgIpc) is 3.46. The molecule has 0 atom stereocenters. The molecule has 0 unspecified atom stereocenters. The van der Waals surface area contributed by atoms with Crippen molar-refractivity contribution in [2.75, 3.05) is 14.2 Å². The first-order valence-corrected chi connectivity index (χ1v) is 10.2. The lowest BCUT2D eigenvalue weighted by molar-refractivity contribution is -0.274. The molecule has 0 radical (unpaired) electrons. The van der Waals surface area contributed by atoms with Crippen molar-refractivity contribution in [2.45, 2.75) is 17.3 Å². The summed E-state index contributed by atoms with van der Waals surface area (Å²) in [6, 6.07) is 10.4. The number of methoxy groups -OCH3 is 2. The summed E-state index contributed by atoms with van der Waals surface area (Å²) in [7, 11) is 3.08. The molecule has 10 nitrogen and oxygen atoms in total. The van der Waals surface area contributed by atoms with Crippen molar-refractivity contribution in [3.63, 3.8) is 0 Å². The number of thioether (sulfide) groups is 1. The molecule has 0 aliphatic rings. The molecule has 33 heavy (non-hydrogen) atoms. The molecule has 0 amide bonds. The van der Waals surface area contributed by atoms with Gasteiger partial charge in [-0.2, -0.15) is 9.67 Å². The predicted octanol–water partition coefficient (Wildman–Crippen LogP) is 3.92. The number of hydrogen-bond acceptors (Lipinski definition) is 10. The standard InChI is InChI=1S/C19H15F3N6O4S/c1-29-13-7-8-14(15(9-13)30-2)17-23-16(32-25-17)10-33-18-24-26-27-28(18)11-3-5-12(6-4-11)31-19(20,21)22/h3-9H,10H2,1-2H3. The molecular formula is C19H15F3N6O4S. The number of nitrogens with zero attached hydrogens (tertiary/aromatic N) is 6. The van der Waals surface area contributed by atoms with E-state index in [1.54, 1.807) is 25.3 Å². The molecule has 0 spiro atoms. The number of aromatic nitrogens is 6. The summed E-state index contributed by atoms with van der Waals surface area (Å²) in [4.78, 5) is 4.37. The van der Waals surface area contributed by atoms with Crippen molar-refractivity contribution in [3.8, 4) is 34.3 Å². The molecule has 0 saturated heterocycles. The first-order chi connectivity index (χ1) is 15.9. The van der Waals surface area contributed by atoms with Crippen molar-refractivity contribution in [3.05, 3.63) is 48.4 Å². The van der Waals surface area contributed by atoms with E-state index in [9.17, 15) is 13.2 Å². The van der Waals surface area contributed by atoms with Gasteiger partial charge in [-0.05, 0) is 46.8 Å². The molecule has 2 heterocycles. The Morgan fingerprint density at radius 2 is 1.79 bits per heavy atom. The monoisotopic (exact) mass is 480 g/mol. The third-order valence-electron chi connectivity index (χ3n) is 4.20. The van der Waals surface area contributed by atoms with Gasteiger partial charge in [0.1, 0.15) is 17.2 Å². The number of tetrazole rings is 1. The van der Waals surface area contributed by atoms with Crippen LogP contribution in [-0.2, 0) is 5.75 Å². The normalized spacial score (nSPS) is 11.4. The Morgan fingerprint density at radius 1 is 1.03 bits per heavy atom. The molecule has 0 aliphatic carbocycles. The molecule has 4 aromatic rings. The number of halogens is 3. The van der Waals surface area contributed by atoms with E-state index in [0.717, 1.165) is 0 Å². The lowest BCUT2D eigenvalue weighted by atomic mass is 10.2. The number of hydrogen-bond donors (Lipinski definition) is 0. The van der Waals surface area contributed by atoms with Gasteiger partial charge in [-0.25, -0.2) is 0 Å². The minimum Gasteiger partial charge on any atom is -0.497 e. The highest BCUT2D eigenvalue weighted by Gasteiger charge is 2.31. The van der Waals surface area contributed by atoms with Crippen molar-refractivity contribution in [1.29, 1.82) is 0 Å². The Balaban J connectivity index is 1.46. The number of rotatable bonds is 8. The van der Waals surface area contributed by atoms with Crippen LogP contribution in [0, 0.1) is 0 Å². The molecule has 2 aromatic heterocycles. The second-order valence-electron chi connectivity index (χ2n) is 6.28. The zero-order valence-corrected chi connectivity index (χ0v) is 17.9. The van der Waals surface area contributed by atoms with Gasteiger partial charge in [0.05, 0.1) is 31.2 Å². The van der Waals surface area contributed by atoms with E-state index in [2.05, 4.69) is 30.4 Å². The van der Waals surface area contributed by atoms with Crippen LogP contribution in [0.25, 0.3) is 17.1 Å². The van der Waals surface area contributed by atoms with Crippen LogP contribution >= 0.6 is 11.8 Å². The molecule has 0 fully saturated rings. The fourth-order valence-electron chi connectivity index (χ4n) is 2.75. The second-order valence-corrected chi connectivity index (χ2v) is 7.22. The summed E-state index contributed by atoms with van der Waals surface area (Å²) in [5.41, 5.74) is 1.08. The summed E-state index contributed by atoms with van der Waals surface area (Å²) in [6.07, 6.45) is -4.77. The molecule has 14 heteroatoms. The third-order valence-corrected chi connectivity index (χ3v) is 5.10. The summed E-state index contributed by atoms with van der Waals surface area (Å²) in [5.74, 6) is 1.71. The average molecular weight is 480 g/mol. The lowest BCUT2D eigenvalue weighted by Gasteiger charge is -2.09. The first kappa shape index (κ1) is 22.4. The topological polar surface area (TPSA) is 110 Å². The third kappa shape index (κ3) is 5.34. The van der Waals surface area contributed by atoms with Gasteiger partial charge < -0.3 is 18.7 Å². The molecular weight excluding hydrogens is 465 g/mol. The maximum atomic E-state index is 12.3. The second kappa shape index (κ2) is 9.36. The minimum atomic E-state index is -4.77. The lowest BCUT2D eigenvalue weighted by Crippen LogP contribution is -2.17. The van der Waals surface area contributed by atoms with Gasteiger partial charge in [-0.3, -0.25) is 0 Å². The van der Waals surface area contributed by atoms with E-state index in [1.807, 2.05) is 0 Å². The SMILES string of the molecule is COc1ccc(-c2noc(CSc3nnnn3-c3ccc(OC(F)(F)F)cc3)n2)c(OC)c1. The van der Waals surface area contributed by atoms with E-state index < -0.39 is 6.36 Å². The maximum Gasteiger partial charge on any atom is 0.573 e. The summed E-state index contributed by atoms with van der Waals surface area (Å²) in [6.45, 7) is 0. The van der Waals surface area contributed by atoms with Gasteiger partial charge in [0.25, 0.3) is 0 Å². The van der Waals surface area contributed by atoms with Crippen LogP contribution in [0.5, 0.6) is 17.2 Å². The Labute approximate surface area is 188 Å². The molecule has 0 saturated carbocycles. The van der Waals surface area contributed by atoms with Crippen LogP contribution in [0.15, 0.2) is 52.1 Å². The van der Waals surface area contributed by atoms with Gasteiger partial charge in [0.15, 0.2) is 0 Å². The van der Waals surface area contributed by atoms with Crippen molar-refractivity contribution < 1.29 is 31.9 Å². The van der Waals surface area contributed by atoms with Crippen LogP contribution in [0.3, 0.4) is 0 Å². The number of benzene rings is 2. The Kier molecular flexibility index (Phi) is 6.35. The predicted molar refractivity (Wildman–Crippen MR) is 108 cm³/mol. The molecule has 0 bridgehead atoms. The highest BCUT2D eigenvalue weighted by atomic mass is 32.2. The van der Waals surface area contributed by atoms with Crippen LogP contribution in [0.2, 0.25) is 0 Å². The van der Waals surface area contributed by atoms with Crippen LogP contribution in [0.1, 0.15) is 5.89 Å². The molecule has 2 aromatic carbocycles. The highest BCUT2D eigenvalue weighted by Crippen LogP contribution is 2.32. The quantitative estimate of drug-likeness (QED) is 0.344. The van der Waals surface area contributed by atoms with Crippen LogP contribution in [-0.4, -0.2) is 50.9 Å². The van der Waals surface area contributed by atoms with Crippen molar-refractivity contribution >= 4 is 11.8 Å². The summed E-state index contributed by atoms with van der Waals surface area (Å²) >= 11 is 1.21. The Bertz CT molecular complexity index is 1230. The molecule has 0 aliphatic heterocycles. The van der Waals surface area contributed by atoms with Crippen molar-refractivity contribution in [2.24, 2.45) is 0 Å². The van der Waals surface area contributed by atoms with E-state index in [1.165, 1.54) is 47.8 Å². The van der Waals surface area contributed by atoms with Gasteiger partial charge in [0, 0.05) is 6.07 Å². The summed E-state index contributed by atoms with van der Waals surface area (Å²) in [5, 5.41) is 15.8. The zero-order chi connectivity index (χ0) is 23.4. The Morgan fingerprint density at radius 3 is 2.48 bits per heavy atom. The van der Waals surface area contributed by atoms with Crippen molar-refractivity contribution in [1.82, 2.24) is 30.3 Å². The smallest absolute Gasteiger partial charge is 0.497 e. The highest BCUT2D eigenvalue weighted by molar-refractivity contribution is 7.98. The maximum absolute atomic E-state index is 12.3. The van der Waals surface area contributed by atoms with E-state index in [-0.39, 0.29) is 11.5 Å². The number of alkyl halides is 3. The van der Waals surface area contributed by atoms with E-state index >= 15 is 0 Å².